The largest absolute Gasteiger partial charge is 1.00 e. The number of aliphatic hydroxyl groups excluding tert-OH is 1. The normalized spacial score (nSPS) is 11.2. The fraction of sp³-hybridized carbons (Fsp3) is 0.153. The summed E-state index contributed by atoms with van der Waals surface area (Å²) in [7, 11) is -14.9. The molecule has 0 fully saturated rings. The van der Waals surface area contributed by atoms with Gasteiger partial charge in [-0.15, -0.1) is 23.5 Å². The van der Waals surface area contributed by atoms with E-state index in [9.17, 15) is 43.3 Å². The van der Waals surface area contributed by atoms with Gasteiger partial charge in [0, 0.05) is 96.6 Å². The number of hydrogen-bond donors (Lipinski definition) is 4. The molecule has 443 valence electrons. The SMILES string of the molecule is CO.NS(=O)(=O)c1ccc(CN(CCSc2ccccc2)Cc2ccc(S(=O)(=O)NC(=O)c3ccccc3)cc2)cc1.[B].[H-].[N-]=[N+]=NS(=O)(=O)c1ccc(CN(CCSc2ccccc2)Cc2ccc(S(=O)(=O)NC(=O)c3ccccc3)cc2)cc1.[Na+]. The number of benzene rings is 8. The molecule has 0 aromatic heterocycles. The van der Waals surface area contributed by atoms with Gasteiger partial charge in [-0.05, 0) is 125 Å². The zero-order chi connectivity index (χ0) is 60.6. The summed E-state index contributed by atoms with van der Waals surface area (Å²) in [5.74, 6) is 0.197. The molecule has 86 heavy (non-hydrogen) atoms. The van der Waals surface area contributed by atoms with Crippen molar-refractivity contribution in [3.05, 3.63) is 262 Å². The van der Waals surface area contributed by atoms with Crippen LogP contribution in [-0.2, 0) is 66.3 Å². The van der Waals surface area contributed by atoms with Crippen LogP contribution in [0, 0.1) is 0 Å². The zero-order valence-electron chi connectivity index (χ0n) is 47.8. The van der Waals surface area contributed by atoms with Gasteiger partial charge in [-0.3, -0.25) is 19.4 Å². The summed E-state index contributed by atoms with van der Waals surface area (Å²) >= 11 is 3.43. The average molecular weight is 1280 g/mol. The number of sulfonamides is 4. The van der Waals surface area contributed by atoms with Crippen LogP contribution in [0.2, 0.25) is 0 Å². The summed E-state index contributed by atoms with van der Waals surface area (Å²) in [5, 5.41) is 12.2. The maximum absolute atomic E-state index is 12.8. The Balaban J connectivity index is 0.000000429. The summed E-state index contributed by atoms with van der Waals surface area (Å²) in [4.78, 5) is 33.7. The number of thioether (sulfide) groups is 2. The van der Waals surface area contributed by atoms with Crippen molar-refractivity contribution < 1.29 is 79.4 Å². The first-order chi connectivity index (χ1) is 40.3. The monoisotopic (exact) mass is 1280 g/mol. The minimum atomic E-state index is -4.07. The van der Waals surface area contributed by atoms with Crippen LogP contribution >= 0.6 is 23.5 Å². The van der Waals surface area contributed by atoms with Crippen molar-refractivity contribution in [1.82, 2.24) is 19.2 Å². The number of amides is 2. The Bertz CT molecular complexity index is 3940. The molecule has 5 N–H and O–H groups in total. The molecule has 3 radical (unpaired) electrons. The summed E-state index contributed by atoms with van der Waals surface area (Å²) in [6.45, 7) is 3.47. The molecule has 0 aliphatic heterocycles. The summed E-state index contributed by atoms with van der Waals surface area (Å²) < 4.78 is 105. The third-order valence-electron chi connectivity index (χ3n) is 12.1. The van der Waals surface area contributed by atoms with Gasteiger partial charge in [0.1, 0.15) is 0 Å². The van der Waals surface area contributed by atoms with Crippen molar-refractivity contribution in [3.8, 4) is 0 Å². The number of nitrogens with two attached hydrogens (primary N) is 1. The van der Waals surface area contributed by atoms with Gasteiger partial charge in [-0.25, -0.2) is 48.3 Å². The number of aliphatic hydroxyl groups is 1. The molecule has 0 spiro atoms. The van der Waals surface area contributed by atoms with Crippen LogP contribution in [0.15, 0.2) is 252 Å². The number of carbonyl (C=O) groups excluding carboxylic acids is 2. The Kier molecular flexibility index (Phi) is 29.5. The maximum Gasteiger partial charge on any atom is 1.00 e. The Morgan fingerprint density at radius 3 is 1.05 bits per heavy atom. The molecule has 27 heteroatoms. The third-order valence-corrected chi connectivity index (χ3v) is 18.8. The molecule has 0 heterocycles. The number of hydrogen-bond acceptors (Lipinski definition) is 15. The van der Waals surface area contributed by atoms with Gasteiger partial charge in [0.15, 0.2) is 0 Å². The van der Waals surface area contributed by atoms with E-state index in [0.29, 0.717) is 32.7 Å². The van der Waals surface area contributed by atoms with Crippen LogP contribution < -0.4 is 44.1 Å². The van der Waals surface area contributed by atoms with Crippen molar-refractivity contribution in [3.63, 3.8) is 0 Å². The second kappa shape index (κ2) is 35.3. The van der Waals surface area contributed by atoms with Gasteiger partial charge < -0.3 is 6.53 Å². The molecule has 0 atom stereocenters. The van der Waals surface area contributed by atoms with Crippen LogP contribution in [0.5, 0.6) is 0 Å². The first-order valence-corrected chi connectivity index (χ1v) is 33.4. The fourth-order valence-electron chi connectivity index (χ4n) is 7.93. The molecule has 2 amide bonds. The molecule has 8 rings (SSSR count). The van der Waals surface area contributed by atoms with Crippen molar-refractivity contribution in [2.75, 3.05) is 31.7 Å². The van der Waals surface area contributed by atoms with E-state index in [-0.39, 0.29) is 70.1 Å². The Morgan fingerprint density at radius 1 is 0.477 bits per heavy atom. The molecule has 0 aliphatic carbocycles. The minimum Gasteiger partial charge on any atom is -1.00 e. The number of rotatable bonds is 25. The molecule has 0 saturated heterocycles. The smallest absolute Gasteiger partial charge is 1.00 e. The minimum absolute atomic E-state index is 0. The second-order valence-electron chi connectivity index (χ2n) is 18.1. The van der Waals surface area contributed by atoms with Gasteiger partial charge >= 0.3 is 29.6 Å². The van der Waals surface area contributed by atoms with E-state index in [1.165, 1.54) is 60.7 Å². The molecular formula is C59H61BN8NaO11S6. The van der Waals surface area contributed by atoms with Crippen molar-refractivity contribution in [2.45, 2.75) is 55.6 Å². The topological polar surface area (TPSA) is 296 Å². The molecular weight excluding hydrogens is 1220 g/mol. The van der Waals surface area contributed by atoms with Crippen LogP contribution in [0.25, 0.3) is 10.4 Å². The van der Waals surface area contributed by atoms with E-state index in [1.54, 1.807) is 121 Å². The predicted octanol–water partition coefficient (Wildman–Crippen LogP) is 6.19. The summed E-state index contributed by atoms with van der Waals surface area (Å²) in [6.07, 6.45) is 0. The molecule has 19 nitrogen and oxygen atoms in total. The van der Waals surface area contributed by atoms with Gasteiger partial charge in [0.2, 0.25) is 10.0 Å². The fourth-order valence-corrected chi connectivity index (χ4v) is 12.9. The maximum atomic E-state index is 12.8. The number of azide groups is 1. The second-order valence-corrected chi connectivity index (χ2v) is 27.0. The molecule has 0 bridgehead atoms. The first-order valence-electron chi connectivity index (χ1n) is 25.5. The standard InChI is InChI=1S/C29H27N5O5S3.C29H29N3O5S3.CH4O.B.Na.H/c30-32-33-42(38,39)28-17-13-24(14-18-28)22-34(19-20-40-26-9-5-2-6-10-26)21-23-11-15-27(16-12-23)41(36,37)31-29(35)25-7-3-1-4-8-25;30-39(34,35)27-15-11-23(12-16-27)21-32(19-20-38-26-9-5-2-6-10-26)22-24-13-17-28(18-14-24)40(36,37)31-29(33)25-7-3-1-4-8-25;1-2;;;/h1-18H,19-22H2,(H,31,35);1-18H,19-22H2,(H,31,33)(H2,30,34,35);2H,1H3;;;/q;;;;+1;-1. The molecule has 8 aromatic rings. The van der Waals surface area contributed by atoms with Crippen molar-refractivity contribution in [2.24, 2.45) is 9.66 Å². The van der Waals surface area contributed by atoms with E-state index >= 15 is 0 Å². The number of primary sulfonamides is 1. The van der Waals surface area contributed by atoms with Crippen molar-refractivity contribution >= 4 is 83.8 Å². The predicted molar refractivity (Wildman–Crippen MR) is 333 cm³/mol. The van der Waals surface area contributed by atoms with E-state index in [4.69, 9.17) is 15.8 Å². The Morgan fingerprint density at radius 2 is 0.756 bits per heavy atom. The third kappa shape index (κ3) is 23.3. The Labute approximate surface area is 537 Å². The Hall–Kier alpha value is -6.59. The van der Waals surface area contributed by atoms with Crippen LogP contribution in [-0.4, -0.2) is 101 Å². The summed E-state index contributed by atoms with van der Waals surface area (Å²) in [5.41, 5.74) is 12.5. The van der Waals surface area contributed by atoms with Crippen LogP contribution in [0.1, 0.15) is 44.4 Å². The average Bonchev–Trinajstić information content (AvgIpc) is 2.70. The number of nitrogens with one attached hydrogen (secondary N) is 2. The molecule has 0 unspecified atom stereocenters. The molecule has 8 aromatic carbocycles. The van der Waals surface area contributed by atoms with E-state index in [1.807, 2.05) is 48.5 Å². The van der Waals surface area contributed by atoms with Gasteiger partial charge in [-0.1, -0.05) is 121 Å². The van der Waals surface area contributed by atoms with Gasteiger partial charge in [-0.2, -0.15) is 0 Å². The summed E-state index contributed by atoms with van der Waals surface area (Å²) in [6, 6.07) is 61.6. The molecule has 0 saturated carbocycles. The van der Waals surface area contributed by atoms with E-state index in [2.05, 4.69) is 40.8 Å². The van der Waals surface area contributed by atoms with Crippen molar-refractivity contribution in [1.29, 1.82) is 0 Å². The van der Waals surface area contributed by atoms with Crippen LogP contribution in [0.3, 0.4) is 0 Å². The quantitative estimate of drug-likeness (QED) is 0.0163. The number of nitrogens with zero attached hydrogens (tertiary/aromatic N) is 5. The molecule has 0 aliphatic rings. The van der Waals surface area contributed by atoms with Gasteiger partial charge in [0.05, 0.1) is 19.6 Å². The van der Waals surface area contributed by atoms with Gasteiger partial charge in [0.25, 0.3) is 41.9 Å². The van der Waals surface area contributed by atoms with Crippen LogP contribution in [0.4, 0.5) is 0 Å². The van der Waals surface area contributed by atoms with E-state index < -0.39 is 51.9 Å². The zero-order valence-corrected chi connectivity index (χ0v) is 53.7. The number of carbonyl (C=O) groups is 2. The van der Waals surface area contributed by atoms with E-state index in [0.717, 1.165) is 57.2 Å². The first kappa shape index (κ1) is 71.9.